The Morgan fingerprint density at radius 2 is 2.23 bits per heavy atom. The number of alkyl halides is 1. The number of rotatable bonds is 3. The minimum atomic E-state index is 0.614. The number of halogens is 1. The van der Waals surface area contributed by atoms with Crippen molar-refractivity contribution in [3.8, 4) is 0 Å². The summed E-state index contributed by atoms with van der Waals surface area (Å²) in [7, 11) is 0. The van der Waals surface area contributed by atoms with E-state index in [1.807, 2.05) is 0 Å². The summed E-state index contributed by atoms with van der Waals surface area (Å²) in [6.45, 7) is 4.38. The second-order valence-corrected chi connectivity index (χ2v) is 4.28. The Hall–Kier alpha value is -0.300. The first-order valence-electron chi connectivity index (χ1n) is 4.89. The Labute approximate surface area is 89.5 Å². The van der Waals surface area contributed by atoms with Gasteiger partial charge in [-0.05, 0) is 25.7 Å². The molecule has 0 bridgehead atoms. The molecule has 0 aromatic carbocycles. The molecular weight excluding hydrogens is 224 g/mol. The van der Waals surface area contributed by atoms with Crippen LogP contribution in [0.1, 0.15) is 26.7 Å². The van der Waals surface area contributed by atoms with Gasteiger partial charge in [0, 0.05) is 5.33 Å². The molecule has 0 fully saturated rings. The van der Waals surface area contributed by atoms with Gasteiger partial charge in [0.15, 0.2) is 0 Å². The highest BCUT2D eigenvalue weighted by Crippen LogP contribution is 2.20. The lowest BCUT2D eigenvalue weighted by Crippen LogP contribution is -1.93. The van der Waals surface area contributed by atoms with Gasteiger partial charge in [-0.1, -0.05) is 58.3 Å². The molecule has 1 heteroatoms. The number of hydrogen-bond acceptors (Lipinski definition) is 0. The largest absolute Gasteiger partial charge is 0.0928 e. The van der Waals surface area contributed by atoms with Gasteiger partial charge in [0.25, 0.3) is 0 Å². The van der Waals surface area contributed by atoms with E-state index in [1.54, 1.807) is 0 Å². The van der Waals surface area contributed by atoms with E-state index in [2.05, 4.69) is 54.1 Å². The second kappa shape index (κ2) is 5.43. The topological polar surface area (TPSA) is 0 Å². The maximum absolute atomic E-state index is 3.49. The zero-order valence-corrected chi connectivity index (χ0v) is 9.97. The molecule has 0 saturated carbocycles. The third kappa shape index (κ3) is 3.51. The second-order valence-electron chi connectivity index (χ2n) is 3.48. The van der Waals surface area contributed by atoms with Crippen LogP contribution in [-0.4, -0.2) is 5.33 Å². The summed E-state index contributed by atoms with van der Waals surface area (Å²) >= 11 is 3.49. The van der Waals surface area contributed by atoms with Crippen molar-refractivity contribution in [1.82, 2.24) is 0 Å². The fourth-order valence-corrected chi connectivity index (χ4v) is 2.05. The first-order chi connectivity index (χ1) is 6.26. The highest BCUT2D eigenvalue weighted by atomic mass is 79.9. The monoisotopic (exact) mass is 240 g/mol. The van der Waals surface area contributed by atoms with Gasteiger partial charge in [-0.3, -0.25) is 0 Å². The average molecular weight is 241 g/mol. The fraction of sp³-hybridized carbons (Fsp3) is 0.500. The lowest BCUT2D eigenvalue weighted by molar-refractivity contribution is 0.779. The molecule has 0 amide bonds. The molecule has 72 valence electrons. The smallest absolute Gasteiger partial charge is 0.00398 e. The number of hydrogen-bond donors (Lipinski definition) is 0. The summed E-state index contributed by atoms with van der Waals surface area (Å²) < 4.78 is 0. The average Bonchev–Trinajstić information content (AvgIpc) is 2.29. The van der Waals surface area contributed by atoms with Gasteiger partial charge in [-0.15, -0.1) is 0 Å². The molecule has 0 aromatic rings. The molecule has 1 aliphatic rings. The van der Waals surface area contributed by atoms with E-state index in [4.69, 9.17) is 0 Å². The van der Waals surface area contributed by atoms with Gasteiger partial charge in [0.1, 0.15) is 0 Å². The Kier molecular flexibility index (Phi) is 4.51. The van der Waals surface area contributed by atoms with Crippen LogP contribution in [0.25, 0.3) is 0 Å². The van der Waals surface area contributed by atoms with Crippen molar-refractivity contribution in [2.75, 3.05) is 5.33 Å². The summed E-state index contributed by atoms with van der Waals surface area (Å²) in [5, 5.41) is 1.08. The maximum atomic E-state index is 3.49. The Morgan fingerprint density at radius 1 is 1.46 bits per heavy atom. The predicted octanol–water partition coefficient (Wildman–Crippen LogP) is 4.24. The maximum Gasteiger partial charge on any atom is 0.00398 e. The highest BCUT2D eigenvalue weighted by Gasteiger charge is 2.04. The van der Waals surface area contributed by atoms with Crippen LogP contribution < -0.4 is 0 Å². The van der Waals surface area contributed by atoms with Crippen LogP contribution >= 0.6 is 15.9 Å². The quantitative estimate of drug-likeness (QED) is 0.648. The fourth-order valence-electron chi connectivity index (χ4n) is 1.52. The summed E-state index contributed by atoms with van der Waals surface area (Å²) in [4.78, 5) is 0. The van der Waals surface area contributed by atoms with E-state index < -0.39 is 0 Å². The molecule has 1 unspecified atom stereocenters. The molecule has 0 spiro atoms. The minimum Gasteiger partial charge on any atom is -0.0928 e. The predicted molar refractivity (Wildman–Crippen MR) is 63.2 cm³/mol. The van der Waals surface area contributed by atoms with Gasteiger partial charge < -0.3 is 0 Å². The third-order valence-corrected chi connectivity index (χ3v) is 2.76. The molecule has 0 saturated heterocycles. The van der Waals surface area contributed by atoms with Gasteiger partial charge in [0.05, 0.1) is 0 Å². The van der Waals surface area contributed by atoms with Gasteiger partial charge in [0.2, 0.25) is 0 Å². The third-order valence-electron chi connectivity index (χ3n) is 2.30. The van der Waals surface area contributed by atoms with Crippen molar-refractivity contribution in [2.45, 2.75) is 26.7 Å². The SMILES string of the molecule is CCC1=CC(CCBr)C=CC(C)=C1. The van der Waals surface area contributed by atoms with Crippen LogP contribution in [0.4, 0.5) is 0 Å². The van der Waals surface area contributed by atoms with Crippen molar-refractivity contribution >= 4 is 15.9 Å². The Balaban J connectivity index is 2.76. The van der Waals surface area contributed by atoms with Crippen molar-refractivity contribution in [3.63, 3.8) is 0 Å². The molecule has 1 atom stereocenters. The van der Waals surface area contributed by atoms with Gasteiger partial charge in [-0.25, -0.2) is 0 Å². The lowest BCUT2D eigenvalue weighted by atomic mass is 10.0. The molecule has 0 aromatic heterocycles. The normalized spacial score (nSPS) is 22.2. The molecule has 0 aliphatic heterocycles. The van der Waals surface area contributed by atoms with Crippen molar-refractivity contribution < 1.29 is 0 Å². The van der Waals surface area contributed by atoms with Crippen LogP contribution in [0.5, 0.6) is 0 Å². The molecule has 0 N–H and O–H groups in total. The van der Waals surface area contributed by atoms with Crippen molar-refractivity contribution in [3.05, 3.63) is 35.5 Å². The van der Waals surface area contributed by atoms with Crippen molar-refractivity contribution in [2.24, 2.45) is 5.92 Å². The van der Waals surface area contributed by atoms with Crippen LogP contribution in [0.15, 0.2) is 35.5 Å². The van der Waals surface area contributed by atoms with E-state index in [9.17, 15) is 0 Å². The summed E-state index contributed by atoms with van der Waals surface area (Å²) in [5.74, 6) is 0.614. The highest BCUT2D eigenvalue weighted by molar-refractivity contribution is 9.09. The van der Waals surface area contributed by atoms with E-state index in [0.717, 1.165) is 11.8 Å². The zero-order valence-electron chi connectivity index (χ0n) is 8.39. The molecule has 0 heterocycles. The van der Waals surface area contributed by atoms with Crippen LogP contribution in [0.2, 0.25) is 0 Å². The van der Waals surface area contributed by atoms with Crippen LogP contribution in [-0.2, 0) is 0 Å². The molecule has 0 radical (unpaired) electrons. The molecule has 13 heavy (non-hydrogen) atoms. The Bertz CT molecular complexity index is 246. The first kappa shape index (κ1) is 10.8. The van der Waals surface area contributed by atoms with E-state index in [0.29, 0.717) is 5.92 Å². The van der Waals surface area contributed by atoms with E-state index in [1.165, 1.54) is 17.6 Å². The lowest BCUT2D eigenvalue weighted by Gasteiger charge is -2.05. The van der Waals surface area contributed by atoms with Crippen LogP contribution in [0.3, 0.4) is 0 Å². The summed E-state index contributed by atoms with van der Waals surface area (Å²) in [5.41, 5.74) is 2.83. The summed E-state index contributed by atoms with van der Waals surface area (Å²) in [6.07, 6.45) is 11.5. The number of allylic oxidation sites excluding steroid dienone is 6. The molecule has 1 aliphatic carbocycles. The minimum absolute atomic E-state index is 0.614. The van der Waals surface area contributed by atoms with Crippen LogP contribution in [0, 0.1) is 5.92 Å². The molecular formula is C12H17Br. The molecule has 1 rings (SSSR count). The molecule has 0 nitrogen and oxygen atoms in total. The first-order valence-corrected chi connectivity index (χ1v) is 6.01. The van der Waals surface area contributed by atoms with E-state index >= 15 is 0 Å². The van der Waals surface area contributed by atoms with Crippen molar-refractivity contribution in [1.29, 1.82) is 0 Å². The van der Waals surface area contributed by atoms with E-state index in [-0.39, 0.29) is 0 Å². The van der Waals surface area contributed by atoms with Gasteiger partial charge in [-0.2, -0.15) is 0 Å². The standard InChI is InChI=1S/C12H17Br/c1-3-11-8-10(2)4-5-12(9-11)6-7-13/h4-5,8-9,12H,3,6-7H2,1-2H3. The van der Waals surface area contributed by atoms with Gasteiger partial charge >= 0.3 is 0 Å². The summed E-state index contributed by atoms with van der Waals surface area (Å²) in [6, 6.07) is 0. The Morgan fingerprint density at radius 3 is 2.85 bits per heavy atom. The zero-order chi connectivity index (χ0) is 9.68.